The monoisotopic (exact) mass is 374 g/mol. The fraction of sp³-hybridized carbons (Fsp3) is 0.375. The Balaban J connectivity index is 2.08. The topological polar surface area (TPSA) is 60.5 Å². The van der Waals surface area contributed by atoms with Crippen LogP contribution >= 0.6 is 11.3 Å². The number of carbonyl (C=O) groups excluding carboxylic acids is 1. The molecule has 0 bridgehead atoms. The first-order valence-electron chi connectivity index (χ1n) is 7.30. The van der Waals surface area contributed by atoms with Gasteiger partial charge in [-0.3, -0.25) is 0 Å². The number of rotatable bonds is 4. The van der Waals surface area contributed by atoms with Gasteiger partial charge in [0.25, 0.3) is 0 Å². The van der Waals surface area contributed by atoms with Crippen LogP contribution in [0.5, 0.6) is 5.75 Å². The maximum atomic E-state index is 12.5. The van der Waals surface area contributed by atoms with E-state index in [9.17, 15) is 18.0 Å². The van der Waals surface area contributed by atoms with E-state index in [1.165, 1.54) is 29.5 Å². The average Bonchev–Trinajstić information content (AvgIpc) is 2.91. The Hall–Kier alpha value is -2.29. The maximum absolute atomic E-state index is 12.5. The molecule has 1 aromatic carbocycles. The van der Waals surface area contributed by atoms with Crippen LogP contribution in [0.15, 0.2) is 29.6 Å². The summed E-state index contributed by atoms with van der Waals surface area (Å²) in [5.41, 5.74) is -0.0585. The molecule has 1 heterocycles. The molecule has 0 fully saturated rings. The Morgan fingerprint density at radius 2 is 1.92 bits per heavy atom. The average molecular weight is 374 g/mol. The number of para-hydroxylation sites is 1. The van der Waals surface area contributed by atoms with Crippen molar-refractivity contribution in [2.45, 2.75) is 39.3 Å². The highest BCUT2D eigenvalue weighted by Gasteiger charge is 2.32. The minimum Gasteiger partial charge on any atom is -0.444 e. The lowest BCUT2D eigenvalue weighted by Crippen LogP contribution is -2.32. The molecule has 2 aromatic rings. The number of nitrogens with zero attached hydrogens (tertiary/aromatic N) is 1. The Morgan fingerprint density at radius 3 is 2.56 bits per heavy atom. The summed E-state index contributed by atoms with van der Waals surface area (Å²) in [6.45, 7) is 5.34. The third-order valence-corrected chi connectivity index (χ3v) is 3.57. The molecule has 0 radical (unpaired) electrons. The predicted octanol–water partition coefficient (Wildman–Crippen LogP) is 4.73. The number of carbonyl (C=O) groups is 1. The van der Waals surface area contributed by atoms with Crippen molar-refractivity contribution < 1.29 is 27.4 Å². The van der Waals surface area contributed by atoms with E-state index in [2.05, 4.69) is 15.0 Å². The maximum Gasteiger partial charge on any atom is 0.573 e. The van der Waals surface area contributed by atoms with E-state index < -0.39 is 18.1 Å². The van der Waals surface area contributed by atoms with Crippen molar-refractivity contribution >= 4 is 17.4 Å². The number of halogens is 3. The van der Waals surface area contributed by atoms with Crippen molar-refractivity contribution in [2.75, 3.05) is 0 Å². The molecule has 1 aromatic heterocycles. The molecular weight excluding hydrogens is 357 g/mol. The number of amides is 1. The normalized spacial score (nSPS) is 11.9. The molecule has 1 amide bonds. The summed E-state index contributed by atoms with van der Waals surface area (Å²) >= 11 is 1.21. The number of aromatic nitrogens is 1. The van der Waals surface area contributed by atoms with E-state index in [0.29, 0.717) is 10.7 Å². The molecule has 0 aliphatic carbocycles. The van der Waals surface area contributed by atoms with Gasteiger partial charge < -0.3 is 14.8 Å². The van der Waals surface area contributed by atoms with Gasteiger partial charge in [-0.15, -0.1) is 24.5 Å². The number of alkyl halides is 3. The molecular formula is C16H17F3N2O3S. The van der Waals surface area contributed by atoms with Gasteiger partial charge in [-0.05, 0) is 32.9 Å². The van der Waals surface area contributed by atoms with Gasteiger partial charge in [-0.1, -0.05) is 12.1 Å². The van der Waals surface area contributed by atoms with Crippen molar-refractivity contribution in [3.63, 3.8) is 0 Å². The molecule has 0 unspecified atom stereocenters. The van der Waals surface area contributed by atoms with Crippen LogP contribution in [-0.4, -0.2) is 23.0 Å². The molecule has 0 spiro atoms. The standard InChI is InChI=1S/C16H17F3N2O3S/c1-15(2,3)24-14(22)20-8-13-21-11(9-25-13)10-6-4-5-7-12(10)23-16(17,18)19/h4-7,9H,8H2,1-3H3,(H,20,22). The number of hydrogen-bond donors (Lipinski definition) is 1. The Bertz CT molecular complexity index is 739. The van der Waals surface area contributed by atoms with Crippen LogP contribution in [0.25, 0.3) is 11.3 Å². The lowest BCUT2D eigenvalue weighted by molar-refractivity contribution is -0.274. The number of nitrogens with one attached hydrogen (secondary N) is 1. The summed E-state index contributed by atoms with van der Waals surface area (Å²) in [6.07, 6.45) is -5.38. The first-order valence-corrected chi connectivity index (χ1v) is 8.18. The smallest absolute Gasteiger partial charge is 0.444 e. The van der Waals surface area contributed by atoms with Crippen LogP contribution in [-0.2, 0) is 11.3 Å². The highest BCUT2D eigenvalue weighted by molar-refractivity contribution is 7.09. The van der Waals surface area contributed by atoms with E-state index >= 15 is 0 Å². The van der Waals surface area contributed by atoms with Crippen LogP contribution in [0, 0.1) is 0 Å². The molecule has 5 nitrogen and oxygen atoms in total. The number of thiazole rings is 1. The van der Waals surface area contributed by atoms with Gasteiger partial charge in [-0.25, -0.2) is 9.78 Å². The first-order chi connectivity index (χ1) is 11.5. The largest absolute Gasteiger partial charge is 0.573 e. The summed E-state index contributed by atoms with van der Waals surface area (Å²) in [5, 5.41) is 4.68. The van der Waals surface area contributed by atoms with Crippen molar-refractivity contribution in [3.8, 4) is 17.0 Å². The van der Waals surface area contributed by atoms with Crippen molar-refractivity contribution in [1.29, 1.82) is 0 Å². The Kier molecular flexibility index (Phi) is 5.56. The van der Waals surface area contributed by atoms with Crippen LogP contribution in [0.4, 0.5) is 18.0 Å². The molecule has 136 valence electrons. The molecule has 2 rings (SSSR count). The zero-order valence-electron chi connectivity index (χ0n) is 13.8. The lowest BCUT2D eigenvalue weighted by atomic mass is 10.1. The van der Waals surface area contributed by atoms with Gasteiger partial charge in [-0.2, -0.15) is 0 Å². The van der Waals surface area contributed by atoms with Gasteiger partial charge in [0.15, 0.2) is 0 Å². The third-order valence-electron chi connectivity index (χ3n) is 2.72. The van der Waals surface area contributed by atoms with Crippen molar-refractivity contribution in [3.05, 3.63) is 34.7 Å². The van der Waals surface area contributed by atoms with Gasteiger partial charge >= 0.3 is 12.5 Å². The second kappa shape index (κ2) is 7.30. The number of hydrogen-bond acceptors (Lipinski definition) is 5. The summed E-state index contributed by atoms with van der Waals surface area (Å²) < 4.78 is 46.6. The number of benzene rings is 1. The minimum absolute atomic E-state index is 0.113. The fourth-order valence-corrected chi connectivity index (χ4v) is 2.60. The molecule has 0 aliphatic heterocycles. The molecule has 25 heavy (non-hydrogen) atoms. The summed E-state index contributed by atoms with van der Waals surface area (Å²) in [4.78, 5) is 15.9. The SMILES string of the molecule is CC(C)(C)OC(=O)NCc1nc(-c2ccccc2OC(F)(F)F)cs1. The summed E-state index contributed by atoms with van der Waals surface area (Å²) in [6, 6.07) is 5.75. The first kappa shape index (κ1) is 19.0. The van der Waals surface area contributed by atoms with Gasteiger partial charge in [0.2, 0.25) is 0 Å². The highest BCUT2D eigenvalue weighted by atomic mass is 32.1. The predicted molar refractivity (Wildman–Crippen MR) is 87.3 cm³/mol. The van der Waals surface area contributed by atoms with Gasteiger partial charge in [0.05, 0.1) is 12.2 Å². The molecule has 0 atom stereocenters. The fourth-order valence-electron chi connectivity index (χ4n) is 1.87. The third kappa shape index (κ3) is 6.26. The van der Waals surface area contributed by atoms with Crippen LogP contribution in [0.1, 0.15) is 25.8 Å². The molecule has 9 heteroatoms. The van der Waals surface area contributed by atoms with E-state index in [1.807, 2.05) is 0 Å². The van der Waals surface area contributed by atoms with E-state index in [4.69, 9.17) is 4.74 Å². The Morgan fingerprint density at radius 1 is 1.24 bits per heavy atom. The number of alkyl carbamates (subject to hydrolysis) is 1. The molecule has 0 saturated carbocycles. The van der Waals surface area contributed by atoms with Crippen molar-refractivity contribution in [1.82, 2.24) is 10.3 Å². The quantitative estimate of drug-likeness (QED) is 0.840. The second-order valence-corrected chi connectivity index (χ2v) is 6.97. The molecule has 0 saturated heterocycles. The second-order valence-electron chi connectivity index (χ2n) is 6.03. The van der Waals surface area contributed by atoms with Crippen LogP contribution in [0.3, 0.4) is 0 Å². The molecule has 0 aliphatic rings. The minimum atomic E-state index is -4.78. The van der Waals surface area contributed by atoms with Crippen LogP contribution in [0.2, 0.25) is 0 Å². The van der Waals surface area contributed by atoms with E-state index in [1.54, 1.807) is 32.2 Å². The van der Waals surface area contributed by atoms with E-state index in [-0.39, 0.29) is 17.9 Å². The Labute approximate surface area is 146 Å². The zero-order valence-corrected chi connectivity index (χ0v) is 14.6. The molecule has 1 N–H and O–H groups in total. The van der Waals surface area contributed by atoms with Gasteiger partial charge in [0.1, 0.15) is 16.4 Å². The van der Waals surface area contributed by atoms with Gasteiger partial charge in [0, 0.05) is 10.9 Å². The highest BCUT2D eigenvalue weighted by Crippen LogP contribution is 2.34. The lowest BCUT2D eigenvalue weighted by Gasteiger charge is -2.19. The zero-order chi connectivity index (χ0) is 18.7. The summed E-state index contributed by atoms with van der Waals surface area (Å²) in [5.74, 6) is -0.327. The summed E-state index contributed by atoms with van der Waals surface area (Å²) in [7, 11) is 0. The van der Waals surface area contributed by atoms with Crippen LogP contribution < -0.4 is 10.1 Å². The van der Waals surface area contributed by atoms with Crippen molar-refractivity contribution in [2.24, 2.45) is 0 Å². The van der Waals surface area contributed by atoms with E-state index in [0.717, 1.165) is 0 Å². The number of ether oxygens (including phenoxy) is 2.